The third-order valence-corrected chi connectivity index (χ3v) is 8.37. The number of rotatable bonds is 6. The van der Waals surface area contributed by atoms with Gasteiger partial charge in [-0.3, -0.25) is 0 Å². The molecule has 196 valence electrons. The van der Waals surface area contributed by atoms with E-state index in [4.69, 9.17) is 5.73 Å². The van der Waals surface area contributed by atoms with Crippen LogP contribution in [0, 0.1) is 36.5 Å². The zero-order chi connectivity index (χ0) is 26.5. The molecule has 37 heavy (non-hydrogen) atoms. The van der Waals surface area contributed by atoms with E-state index in [1.807, 2.05) is 67.6 Å². The van der Waals surface area contributed by atoms with E-state index in [-0.39, 0.29) is 24.4 Å². The fraction of sp³-hybridized carbons (Fsp3) is 0.258. The molecule has 4 rings (SSSR count). The van der Waals surface area contributed by atoms with Crippen molar-refractivity contribution < 1.29 is 27.9 Å². The minimum absolute atomic E-state index is 0. The number of nitrogens with zero attached hydrogens (tertiary/aromatic N) is 1. The van der Waals surface area contributed by atoms with E-state index in [1.54, 1.807) is 24.3 Å². The minimum atomic E-state index is -3.87. The Labute approximate surface area is 237 Å². The van der Waals surface area contributed by atoms with Crippen molar-refractivity contribution in [2.75, 3.05) is 0 Å². The number of benzene rings is 3. The van der Waals surface area contributed by atoms with Gasteiger partial charge in [0.05, 0.1) is 0 Å². The van der Waals surface area contributed by atoms with Gasteiger partial charge in [0, 0.05) is 4.90 Å². The van der Waals surface area contributed by atoms with Crippen LogP contribution in [0.5, 0.6) is 0 Å². The van der Waals surface area contributed by atoms with E-state index in [0.29, 0.717) is 5.56 Å². The Morgan fingerprint density at radius 1 is 0.595 bits per heavy atom. The molecule has 0 aromatic heterocycles. The van der Waals surface area contributed by atoms with E-state index in [9.17, 15) is 8.42 Å². The van der Waals surface area contributed by atoms with Gasteiger partial charge in [0.1, 0.15) is 10.0 Å². The molecule has 1 aliphatic carbocycles. The van der Waals surface area contributed by atoms with Gasteiger partial charge < -0.3 is 10.5 Å². The van der Waals surface area contributed by atoms with E-state index >= 15 is 0 Å². The van der Waals surface area contributed by atoms with Gasteiger partial charge in [0.25, 0.3) is 0 Å². The second-order valence-electron chi connectivity index (χ2n) is 9.26. The summed E-state index contributed by atoms with van der Waals surface area (Å²) < 4.78 is 29.8. The van der Waals surface area contributed by atoms with E-state index in [1.165, 1.54) is 29.6 Å². The Morgan fingerprint density at radius 3 is 1.38 bits per heavy atom. The van der Waals surface area contributed by atoms with Gasteiger partial charge >= 0.3 is 19.5 Å². The Hall–Kier alpha value is -1.85. The maximum atomic E-state index is 12.8. The average molecular weight is 603 g/mol. The van der Waals surface area contributed by atoms with Gasteiger partial charge in [-0.2, -0.15) is 0 Å². The Balaban J connectivity index is 0.000000369. The first kappa shape index (κ1) is 31.4. The summed E-state index contributed by atoms with van der Waals surface area (Å²) in [6.45, 7) is 12.9. The third-order valence-electron chi connectivity index (χ3n) is 7.00. The second kappa shape index (κ2) is 13.8. The number of aryl methyl sites for hydroxylation is 1. The first-order chi connectivity index (χ1) is 17.0. The average Bonchev–Trinajstić information content (AvgIpc) is 3.06. The molecule has 0 heterocycles. The molecule has 1 fully saturated rings. The van der Waals surface area contributed by atoms with Gasteiger partial charge in [-0.05, 0) is 48.6 Å². The van der Waals surface area contributed by atoms with E-state index in [0.717, 1.165) is 11.1 Å². The first-order valence-corrected chi connectivity index (χ1v) is 13.5. The van der Waals surface area contributed by atoms with Gasteiger partial charge in [-0.25, -0.2) is 8.42 Å². The Morgan fingerprint density at radius 2 is 0.973 bits per heavy atom. The van der Waals surface area contributed by atoms with Crippen LogP contribution in [-0.2, 0) is 29.5 Å². The van der Waals surface area contributed by atoms with Crippen LogP contribution in [0.3, 0.4) is 0 Å². The summed E-state index contributed by atoms with van der Waals surface area (Å²) in [5, 5.41) is 0. The van der Waals surface area contributed by atoms with Crippen LogP contribution in [0.15, 0.2) is 89.8 Å². The van der Waals surface area contributed by atoms with Crippen molar-refractivity contribution in [2.24, 2.45) is 0 Å². The number of hydrogen-bond acceptors (Lipinski definition) is 2. The van der Waals surface area contributed by atoms with Crippen LogP contribution < -0.4 is 0 Å². The van der Waals surface area contributed by atoms with E-state index in [2.05, 4.69) is 39.3 Å². The molecule has 1 aliphatic rings. The summed E-state index contributed by atoms with van der Waals surface area (Å²) in [5.74, 6) is 7.34. The monoisotopic (exact) mass is 602 g/mol. The molecular formula is C31H35N2O2RhS. The topological polar surface area (TPSA) is 72.0 Å². The zero-order valence-corrected chi connectivity index (χ0v) is 24.7. The van der Waals surface area contributed by atoms with Crippen LogP contribution in [0.2, 0.25) is 0 Å². The first-order valence-electron chi connectivity index (χ1n) is 12.1. The molecular weight excluding hydrogens is 567 g/mol. The maximum Gasteiger partial charge on any atom is 2.00 e. The molecule has 2 atom stereocenters. The summed E-state index contributed by atoms with van der Waals surface area (Å²) in [6.07, 6.45) is 0. The van der Waals surface area contributed by atoms with Crippen molar-refractivity contribution in [1.29, 1.82) is 0 Å². The van der Waals surface area contributed by atoms with Crippen LogP contribution in [0.1, 0.15) is 63.4 Å². The van der Waals surface area contributed by atoms with Crippen LogP contribution >= 0.6 is 0 Å². The Bertz CT molecular complexity index is 1140. The predicted molar refractivity (Wildman–Crippen MR) is 149 cm³/mol. The third kappa shape index (κ3) is 7.83. The molecule has 0 spiro atoms. The summed E-state index contributed by atoms with van der Waals surface area (Å²) in [7, 11) is -3.87. The van der Waals surface area contributed by atoms with Crippen molar-refractivity contribution in [3.63, 3.8) is 0 Å². The van der Waals surface area contributed by atoms with Gasteiger partial charge in [-0.15, -0.1) is 12.1 Å². The molecule has 1 N–H and O–H groups in total. The standard InChI is InChI=1S/C21H20N2O2S.C10H15.Rh/c1-16-12-14-19(15-13-16)26(24,25)23-21(18-10-6-3-7-11-18)20(22)17-8-4-2-5-9-17;1-6-7(2)9(4)10(5)8(6)3;/h2-15,20-22H,1H3;1-5H3;/q-2;;+2/t20-,21-;;/m1../s1. The molecule has 6 heteroatoms. The Kier molecular flexibility index (Phi) is 11.7. The smallest absolute Gasteiger partial charge is 0.672 e. The fourth-order valence-corrected chi connectivity index (χ4v) is 5.28. The molecule has 0 bridgehead atoms. The molecule has 3 aromatic rings. The van der Waals surface area contributed by atoms with Crippen molar-refractivity contribution in [3.8, 4) is 0 Å². The molecule has 0 saturated heterocycles. The second-order valence-corrected chi connectivity index (χ2v) is 10.9. The minimum Gasteiger partial charge on any atom is -0.672 e. The van der Waals surface area contributed by atoms with Gasteiger partial charge in [-0.1, -0.05) is 124 Å². The molecule has 3 aromatic carbocycles. The van der Waals surface area contributed by atoms with Gasteiger partial charge in [0.2, 0.25) is 0 Å². The molecule has 4 nitrogen and oxygen atoms in total. The van der Waals surface area contributed by atoms with Gasteiger partial charge in [0.15, 0.2) is 0 Å². The normalized spacial score (nSPS) is 17.5. The predicted octanol–water partition coefficient (Wildman–Crippen LogP) is 8.56. The van der Waals surface area contributed by atoms with Crippen molar-refractivity contribution in [2.45, 2.75) is 58.5 Å². The summed E-state index contributed by atoms with van der Waals surface area (Å²) in [5.41, 5.74) is 11.0. The number of sulfonamides is 1. The van der Waals surface area contributed by atoms with Crippen LogP contribution in [0.25, 0.3) is 10.5 Å². The maximum absolute atomic E-state index is 12.8. The summed E-state index contributed by atoms with van der Waals surface area (Å²) >= 11 is 0. The summed E-state index contributed by atoms with van der Waals surface area (Å²) in [4.78, 5) is 0.143. The van der Waals surface area contributed by atoms with Crippen molar-refractivity contribution >= 4 is 10.0 Å². The quantitative estimate of drug-likeness (QED) is 0.265. The summed E-state index contributed by atoms with van der Waals surface area (Å²) in [6, 6.07) is 23.3. The van der Waals surface area contributed by atoms with Crippen LogP contribution in [-0.4, -0.2) is 8.42 Å². The van der Waals surface area contributed by atoms with E-state index < -0.39 is 22.1 Å². The molecule has 0 unspecified atom stereocenters. The molecule has 6 radical (unpaired) electrons. The largest absolute Gasteiger partial charge is 2.00 e. The van der Waals surface area contributed by atoms with Crippen molar-refractivity contribution in [1.82, 2.24) is 0 Å². The number of hydrogen-bond donors (Lipinski definition) is 0. The fourth-order valence-electron chi connectivity index (χ4n) is 4.13. The van der Waals surface area contributed by atoms with Crippen molar-refractivity contribution in [3.05, 3.63) is 142 Å². The zero-order valence-electron chi connectivity index (χ0n) is 22.2. The molecule has 1 saturated carbocycles. The number of nitrogens with one attached hydrogen (secondary N) is 1. The molecule has 0 aliphatic heterocycles. The van der Waals surface area contributed by atoms with Crippen LogP contribution in [0.4, 0.5) is 0 Å². The molecule has 0 amide bonds. The SMILES string of the molecule is C[C]1[C](C)[C](C)[C](C)[C]1C.Cc1ccc(S(=O)(=O)[N-][C@H](c2ccccc2)[C@H]([NH-])c2ccccc2)cc1.[Rh+2].